The van der Waals surface area contributed by atoms with Gasteiger partial charge in [0.05, 0.1) is 5.56 Å². The monoisotopic (exact) mass is 245 g/mol. The van der Waals surface area contributed by atoms with Crippen molar-refractivity contribution in [2.24, 2.45) is 0 Å². The summed E-state index contributed by atoms with van der Waals surface area (Å²) in [5, 5.41) is 4.13. The highest BCUT2D eigenvalue weighted by molar-refractivity contribution is 7.10. The van der Waals surface area contributed by atoms with Crippen LogP contribution in [0.15, 0.2) is 24.3 Å². The second-order valence-electron chi connectivity index (χ2n) is 3.06. The molecule has 2 rings (SSSR count). The zero-order valence-corrected chi connectivity index (χ0v) is 8.64. The maximum atomic E-state index is 12.3. The van der Waals surface area contributed by atoms with Crippen LogP contribution in [0.25, 0.3) is 11.3 Å². The predicted molar refractivity (Wildman–Crippen MR) is 54.8 cm³/mol. The average Bonchev–Trinajstić information content (AvgIpc) is 2.63. The Hall–Kier alpha value is -1.63. The summed E-state index contributed by atoms with van der Waals surface area (Å²) in [6, 6.07) is 4.65. The molecule has 0 aliphatic carbocycles. The molecule has 0 spiro atoms. The van der Waals surface area contributed by atoms with Gasteiger partial charge in [-0.2, -0.15) is 13.2 Å². The molecular formula is C9H6F3N3S. The fourth-order valence-electron chi connectivity index (χ4n) is 1.21. The fraction of sp³-hybridized carbons (Fsp3) is 0.111. The van der Waals surface area contributed by atoms with Crippen molar-refractivity contribution in [1.82, 2.24) is 9.59 Å². The molecule has 0 atom stereocenters. The van der Waals surface area contributed by atoms with E-state index in [1.54, 1.807) is 0 Å². The number of nitrogens with two attached hydrogens (primary N) is 1. The zero-order chi connectivity index (χ0) is 11.8. The molecule has 0 radical (unpaired) electrons. The van der Waals surface area contributed by atoms with E-state index in [9.17, 15) is 13.2 Å². The molecular weight excluding hydrogens is 239 g/mol. The van der Waals surface area contributed by atoms with E-state index in [1.165, 1.54) is 12.1 Å². The molecule has 1 heterocycles. The van der Waals surface area contributed by atoms with Gasteiger partial charge >= 0.3 is 6.18 Å². The molecule has 2 aromatic rings. The van der Waals surface area contributed by atoms with Crippen LogP contribution in [0.3, 0.4) is 0 Å². The largest absolute Gasteiger partial charge is 0.416 e. The molecule has 0 bridgehead atoms. The summed E-state index contributed by atoms with van der Waals surface area (Å²) in [5.74, 6) is 0. The average molecular weight is 245 g/mol. The minimum Gasteiger partial charge on any atom is -0.387 e. The lowest BCUT2D eigenvalue weighted by Gasteiger charge is -2.06. The molecule has 0 saturated carbocycles. The Morgan fingerprint density at radius 1 is 1.12 bits per heavy atom. The third kappa shape index (κ3) is 1.99. The number of benzene rings is 1. The lowest BCUT2D eigenvalue weighted by molar-refractivity contribution is -0.137. The van der Waals surface area contributed by atoms with Gasteiger partial charge in [-0.05, 0) is 12.1 Å². The Morgan fingerprint density at radius 2 is 1.75 bits per heavy atom. The summed E-state index contributed by atoms with van der Waals surface area (Å²) in [4.78, 5) is 0. The van der Waals surface area contributed by atoms with Gasteiger partial charge in [0.25, 0.3) is 0 Å². The SMILES string of the molecule is Nc1snnc1-c1ccc(C(F)(F)F)cc1. The zero-order valence-electron chi connectivity index (χ0n) is 7.82. The minimum atomic E-state index is -4.33. The summed E-state index contributed by atoms with van der Waals surface area (Å²) in [7, 11) is 0. The first-order valence-electron chi connectivity index (χ1n) is 4.24. The van der Waals surface area contributed by atoms with E-state index in [4.69, 9.17) is 5.73 Å². The molecule has 3 nitrogen and oxygen atoms in total. The maximum Gasteiger partial charge on any atom is 0.416 e. The molecule has 1 aromatic carbocycles. The smallest absolute Gasteiger partial charge is 0.387 e. The summed E-state index contributed by atoms with van der Waals surface area (Å²) in [6.45, 7) is 0. The van der Waals surface area contributed by atoms with Crippen molar-refractivity contribution in [2.45, 2.75) is 6.18 Å². The Labute approximate surface area is 92.9 Å². The van der Waals surface area contributed by atoms with E-state index in [1.807, 2.05) is 0 Å². The number of aromatic nitrogens is 2. The summed E-state index contributed by atoms with van der Waals surface area (Å²) in [6.07, 6.45) is -4.33. The van der Waals surface area contributed by atoms with Gasteiger partial charge in [-0.25, -0.2) is 0 Å². The van der Waals surface area contributed by atoms with E-state index in [0.29, 0.717) is 16.3 Å². The normalized spacial score (nSPS) is 11.7. The Kier molecular flexibility index (Phi) is 2.55. The quantitative estimate of drug-likeness (QED) is 0.840. The second-order valence-corrected chi connectivity index (χ2v) is 3.85. The summed E-state index contributed by atoms with van der Waals surface area (Å²) in [5.41, 5.74) is 5.81. The Bertz CT molecular complexity index is 489. The van der Waals surface area contributed by atoms with Crippen molar-refractivity contribution in [3.8, 4) is 11.3 Å². The van der Waals surface area contributed by atoms with Crippen LogP contribution in [0.1, 0.15) is 5.56 Å². The predicted octanol–water partition coefficient (Wildman–Crippen LogP) is 2.81. The third-order valence-corrected chi connectivity index (χ3v) is 2.55. The van der Waals surface area contributed by atoms with Crippen LogP contribution < -0.4 is 5.73 Å². The van der Waals surface area contributed by atoms with Gasteiger partial charge < -0.3 is 5.73 Å². The minimum absolute atomic E-state index is 0.389. The van der Waals surface area contributed by atoms with E-state index in [2.05, 4.69) is 9.59 Å². The van der Waals surface area contributed by atoms with Crippen molar-refractivity contribution in [3.63, 3.8) is 0 Å². The number of nitrogen functional groups attached to an aromatic ring is 1. The third-order valence-electron chi connectivity index (χ3n) is 2.00. The number of anilines is 1. The molecule has 84 valence electrons. The van der Waals surface area contributed by atoms with Gasteiger partial charge in [0.15, 0.2) is 0 Å². The van der Waals surface area contributed by atoms with Crippen LogP contribution in [0.4, 0.5) is 18.2 Å². The van der Waals surface area contributed by atoms with Crippen LogP contribution >= 0.6 is 11.5 Å². The Morgan fingerprint density at radius 3 is 2.19 bits per heavy atom. The van der Waals surface area contributed by atoms with Gasteiger partial charge in [0.1, 0.15) is 10.7 Å². The van der Waals surface area contributed by atoms with Crippen LogP contribution in [-0.2, 0) is 6.18 Å². The molecule has 0 aliphatic rings. The van der Waals surface area contributed by atoms with Crippen LogP contribution in [0.2, 0.25) is 0 Å². The van der Waals surface area contributed by atoms with Crippen molar-refractivity contribution in [3.05, 3.63) is 29.8 Å². The molecule has 0 unspecified atom stereocenters. The highest BCUT2D eigenvalue weighted by Crippen LogP contribution is 2.32. The van der Waals surface area contributed by atoms with Crippen molar-refractivity contribution in [1.29, 1.82) is 0 Å². The molecule has 0 saturated heterocycles. The first-order valence-corrected chi connectivity index (χ1v) is 5.01. The van der Waals surface area contributed by atoms with E-state index < -0.39 is 11.7 Å². The van der Waals surface area contributed by atoms with Gasteiger partial charge in [-0.3, -0.25) is 0 Å². The van der Waals surface area contributed by atoms with Crippen molar-refractivity contribution < 1.29 is 13.2 Å². The van der Waals surface area contributed by atoms with Crippen LogP contribution in [0.5, 0.6) is 0 Å². The van der Waals surface area contributed by atoms with Gasteiger partial charge in [-0.1, -0.05) is 16.6 Å². The highest BCUT2D eigenvalue weighted by Gasteiger charge is 2.30. The van der Waals surface area contributed by atoms with E-state index in [0.717, 1.165) is 23.7 Å². The maximum absolute atomic E-state index is 12.3. The molecule has 0 aliphatic heterocycles. The fourth-order valence-corrected chi connectivity index (χ4v) is 1.67. The van der Waals surface area contributed by atoms with Crippen molar-refractivity contribution >= 4 is 16.5 Å². The highest BCUT2D eigenvalue weighted by atomic mass is 32.1. The van der Waals surface area contributed by atoms with Crippen molar-refractivity contribution in [2.75, 3.05) is 5.73 Å². The standard InChI is InChI=1S/C9H6F3N3S/c10-9(11,12)6-3-1-5(2-4-6)7-8(13)16-15-14-7/h1-4H,13H2. The molecule has 0 fully saturated rings. The summed E-state index contributed by atoms with van der Waals surface area (Å²) >= 11 is 1.00. The lowest BCUT2D eigenvalue weighted by Crippen LogP contribution is -2.04. The van der Waals surface area contributed by atoms with Crippen LogP contribution in [0, 0.1) is 0 Å². The number of nitrogens with zero attached hydrogens (tertiary/aromatic N) is 2. The topological polar surface area (TPSA) is 51.8 Å². The van der Waals surface area contributed by atoms with Gasteiger partial charge in [0.2, 0.25) is 0 Å². The van der Waals surface area contributed by atoms with E-state index >= 15 is 0 Å². The molecule has 7 heteroatoms. The lowest BCUT2D eigenvalue weighted by atomic mass is 10.1. The number of hydrogen-bond acceptors (Lipinski definition) is 4. The Balaban J connectivity index is 2.37. The summed E-state index contributed by atoms with van der Waals surface area (Å²) < 4.78 is 40.5. The van der Waals surface area contributed by atoms with Crippen LogP contribution in [-0.4, -0.2) is 9.59 Å². The first-order chi connectivity index (χ1) is 7.48. The number of hydrogen-bond donors (Lipinski definition) is 1. The number of halogens is 3. The molecule has 0 amide bonds. The van der Waals surface area contributed by atoms with E-state index in [-0.39, 0.29) is 0 Å². The van der Waals surface area contributed by atoms with Gasteiger partial charge in [-0.15, -0.1) is 5.10 Å². The first kappa shape index (κ1) is 10.9. The second kappa shape index (κ2) is 3.75. The van der Waals surface area contributed by atoms with Gasteiger partial charge in [0, 0.05) is 17.1 Å². The molecule has 2 N–H and O–H groups in total. The number of alkyl halides is 3. The number of rotatable bonds is 1. The molecule has 1 aromatic heterocycles. The molecule has 16 heavy (non-hydrogen) atoms.